The Bertz CT molecular complexity index is 431. The summed E-state index contributed by atoms with van der Waals surface area (Å²) in [7, 11) is 1.45. The highest BCUT2D eigenvalue weighted by atomic mass is 16.5. The first kappa shape index (κ1) is 14.9. The lowest BCUT2D eigenvalue weighted by molar-refractivity contribution is -0.151. The minimum absolute atomic E-state index is 0.0456. The number of methoxy groups -OCH3 is 1. The van der Waals surface area contributed by atoms with Gasteiger partial charge in [-0.2, -0.15) is 0 Å². The summed E-state index contributed by atoms with van der Waals surface area (Å²) in [6, 6.07) is 9.76. The zero-order chi connectivity index (χ0) is 14.4. The predicted molar refractivity (Wildman–Crippen MR) is 77.7 cm³/mol. The van der Waals surface area contributed by atoms with Crippen LogP contribution in [0.25, 0.3) is 0 Å². The van der Waals surface area contributed by atoms with Crippen molar-refractivity contribution in [2.75, 3.05) is 13.7 Å². The lowest BCUT2D eigenvalue weighted by Gasteiger charge is -2.39. The molecule has 1 aliphatic carbocycles. The van der Waals surface area contributed by atoms with Crippen LogP contribution in [-0.2, 0) is 9.53 Å². The first-order chi connectivity index (χ1) is 9.70. The van der Waals surface area contributed by atoms with Gasteiger partial charge in [0.05, 0.1) is 7.11 Å². The van der Waals surface area contributed by atoms with Gasteiger partial charge in [0.1, 0.15) is 17.4 Å². The molecule has 1 aromatic rings. The fourth-order valence-electron chi connectivity index (χ4n) is 2.97. The summed E-state index contributed by atoms with van der Waals surface area (Å²) in [5.41, 5.74) is -0.596. The van der Waals surface area contributed by atoms with Crippen LogP contribution in [0.2, 0.25) is 0 Å². The van der Waals surface area contributed by atoms with Crippen molar-refractivity contribution in [1.29, 1.82) is 0 Å². The second-order valence-corrected chi connectivity index (χ2v) is 5.25. The quantitative estimate of drug-likeness (QED) is 0.840. The van der Waals surface area contributed by atoms with Crippen molar-refractivity contribution in [3.63, 3.8) is 0 Å². The molecule has 0 aromatic heterocycles. The van der Waals surface area contributed by atoms with Crippen LogP contribution in [0.15, 0.2) is 30.3 Å². The summed E-state index contributed by atoms with van der Waals surface area (Å²) < 4.78 is 11.0. The van der Waals surface area contributed by atoms with E-state index in [9.17, 15) is 4.79 Å². The second-order valence-electron chi connectivity index (χ2n) is 5.25. The third-order valence-corrected chi connectivity index (χ3v) is 3.84. The standard InChI is InChI=1S/C16H23NO3/c1-3-17-16(15(18)19-2)11-7-10-14(12-16)20-13-8-5-4-6-9-13/h4-6,8-9,14,17H,3,7,10-12H2,1-2H3. The Morgan fingerprint density at radius 2 is 2.15 bits per heavy atom. The van der Waals surface area contributed by atoms with Gasteiger partial charge in [0.2, 0.25) is 0 Å². The van der Waals surface area contributed by atoms with E-state index >= 15 is 0 Å². The molecule has 110 valence electrons. The van der Waals surface area contributed by atoms with E-state index in [0.29, 0.717) is 6.42 Å². The molecule has 2 unspecified atom stereocenters. The first-order valence-electron chi connectivity index (χ1n) is 7.25. The fraction of sp³-hybridized carbons (Fsp3) is 0.562. The number of carbonyl (C=O) groups excluding carboxylic acids is 1. The lowest BCUT2D eigenvalue weighted by Crippen LogP contribution is -2.57. The summed E-state index contributed by atoms with van der Waals surface area (Å²) in [4.78, 5) is 12.1. The zero-order valence-corrected chi connectivity index (χ0v) is 12.2. The van der Waals surface area contributed by atoms with E-state index in [1.54, 1.807) is 0 Å². The Balaban J connectivity index is 2.07. The molecule has 0 bridgehead atoms. The van der Waals surface area contributed by atoms with Crippen LogP contribution in [-0.4, -0.2) is 31.3 Å². The normalized spacial score (nSPS) is 26.0. The summed E-state index contributed by atoms with van der Waals surface area (Å²) in [5.74, 6) is 0.676. The minimum Gasteiger partial charge on any atom is -0.490 e. The molecule has 1 saturated carbocycles. The molecule has 1 aromatic carbocycles. The van der Waals surface area contributed by atoms with Crippen molar-refractivity contribution in [1.82, 2.24) is 5.32 Å². The molecule has 20 heavy (non-hydrogen) atoms. The van der Waals surface area contributed by atoms with Gasteiger partial charge in [0.15, 0.2) is 0 Å². The Morgan fingerprint density at radius 3 is 2.80 bits per heavy atom. The van der Waals surface area contributed by atoms with Crippen LogP contribution in [0.1, 0.15) is 32.6 Å². The number of para-hydroxylation sites is 1. The van der Waals surface area contributed by atoms with Gasteiger partial charge in [-0.25, -0.2) is 0 Å². The van der Waals surface area contributed by atoms with Crippen LogP contribution in [0.5, 0.6) is 5.75 Å². The number of carbonyl (C=O) groups is 1. The summed E-state index contributed by atoms with van der Waals surface area (Å²) in [5, 5.41) is 3.31. The highest BCUT2D eigenvalue weighted by Gasteiger charge is 2.43. The molecule has 4 nitrogen and oxygen atoms in total. The van der Waals surface area contributed by atoms with Gasteiger partial charge in [-0.1, -0.05) is 25.1 Å². The molecule has 0 saturated heterocycles. The number of benzene rings is 1. The van der Waals surface area contributed by atoms with Gasteiger partial charge in [-0.15, -0.1) is 0 Å². The third-order valence-electron chi connectivity index (χ3n) is 3.84. The summed E-state index contributed by atoms with van der Waals surface area (Å²) in [6.07, 6.45) is 3.44. The van der Waals surface area contributed by atoms with E-state index in [2.05, 4.69) is 5.32 Å². The molecule has 1 aliphatic rings. The Kier molecular flexibility index (Phi) is 5.01. The van der Waals surface area contributed by atoms with Crippen molar-refractivity contribution in [3.8, 4) is 5.75 Å². The molecule has 2 atom stereocenters. The van der Waals surface area contributed by atoms with Gasteiger partial charge in [-0.3, -0.25) is 4.79 Å². The molecule has 0 spiro atoms. The van der Waals surface area contributed by atoms with Gasteiger partial charge in [0, 0.05) is 6.42 Å². The summed E-state index contributed by atoms with van der Waals surface area (Å²) >= 11 is 0. The van der Waals surface area contributed by atoms with Crippen LogP contribution in [0.4, 0.5) is 0 Å². The van der Waals surface area contributed by atoms with Crippen molar-refractivity contribution >= 4 is 5.97 Å². The Hall–Kier alpha value is -1.55. The van der Waals surface area contributed by atoms with Gasteiger partial charge in [0.25, 0.3) is 0 Å². The molecule has 2 rings (SSSR count). The number of nitrogens with one attached hydrogen (secondary N) is 1. The second kappa shape index (κ2) is 6.75. The monoisotopic (exact) mass is 277 g/mol. The predicted octanol–water partition coefficient (Wildman–Crippen LogP) is 2.53. The van der Waals surface area contributed by atoms with Crippen molar-refractivity contribution in [2.45, 2.75) is 44.2 Å². The maximum atomic E-state index is 12.1. The SMILES string of the molecule is CCNC1(C(=O)OC)CCCC(Oc2ccccc2)C1. The Morgan fingerprint density at radius 1 is 1.40 bits per heavy atom. The highest BCUT2D eigenvalue weighted by Crippen LogP contribution is 2.32. The number of esters is 1. The first-order valence-corrected chi connectivity index (χ1v) is 7.25. The van der Waals surface area contributed by atoms with E-state index in [-0.39, 0.29) is 12.1 Å². The van der Waals surface area contributed by atoms with Crippen LogP contribution < -0.4 is 10.1 Å². The highest BCUT2D eigenvalue weighted by molar-refractivity contribution is 5.81. The van der Waals surface area contributed by atoms with E-state index in [1.165, 1.54) is 7.11 Å². The number of likely N-dealkylation sites (N-methyl/N-ethyl adjacent to an activating group) is 1. The lowest BCUT2D eigenvalue weighted by atomic mass is 9.80. The summed E-state index contributed by atoms with van der Waals surface area (Å²) in [6.45, 7) is 2.75. The smallest absolute Gasteiger partial charge is 0.326 e. The third kappa shape index (κ3) is 3.31. The maximum absolute atomic E-state index is 12.1. The molecule has 1 N–H and O–H groups in total. The molecule has 1 fully saturated rings. The maximum Gasteiger partial charge on any atom is 0.326 e. The van der Waals surface area contributed by atoms with Crippen molar-refractivity contribution in [2.24, 2.45) is 0 Å². The largest absolute Gasteiger partial charge is 0.490 e. The van der Waals surface area contributed by atoms with Crippen molar-refractivity contribution in [3.05, 3.63) is 30.3 Å². The van der Waals surface area contributed by atoms with E-state index in [0.717, 1.165) is 31.6 Å². The number of ether oxygens (including phenoxy) is 2. The molecule has 0 radical (unpaired) electrons. The molecule has 0 heterocycles. The fourth-order valence-corrected chi connectivity index (χ4v) is 2.97. The van der Waals surface area contributed by atoms with Crippen molar-refractivity contribution < 1.29 is 14.3 Å². The molecule has 4 heteroatoms. The minimum atomic E-state index is -0.596. The average molecular weight is 277 g/mol. The van der Waals surface area contributed by atoms with Gasteiger partial charge >= 0.3 is 5.97 Å². The molecule has 0 aliphatic heterocycles. The van der Waals surface area contributed by atoms with Crippen LogP contribution in [0, 0.1) is 0 Å². The van der Waals surface area contributed by atoms with E-state index in [4.69, 9.17) is 9.47 Å². The zero-order valence-electron chi connectivity index (χ0n) is 12.2. The Labute approximate surface area is 120 Å². The number of hydrogen-bond donors (Lipinski definition) is 1. The van der Waals surface area contributed by atoms with E-state index < -0.39 is 5.54 Å². The molecule has 0 amide bonds. The average Bonchev–Trinajstić information content (AvgIpc) is 2.48. The molecular formula is C16H23NO3. The number of hydrogen-bond acceptors (Lipinski definition) is 4. The number of rotatable bonds is 5. The van der Waals surface area contributed by atoms with Crippen LogP contribution in [0.3, 0.4) is 0 Å². The van der Waals surface area contributed by atoms with Crippen LogP contribution >= 0.6 is 0 Å². The van der Waals surface area contributed by atoms with Gasteiger partial charge < -0.3 is 14.8 Å². The van der Waals surface area contributed by atoms with E-state index in [1.807, 2.05) is 37.3 Å². The van der Waals surface area contributed by atoms with Gasteiger partial charge in [-0.05, 0) is 37.9 Å². The topological polar surface area (TPSA) is 47.6 Å². The molecular weight excluding hydrogens is 254 g/mol.